The van der Waals surface area contributed by atoms with E-state index in [0.29, 0.717) is 12.5 Å². The lowest BCUT2D eigenvalue weighted by Gasteiger charge is -2.06. The van der Waals surface area contributed by atoms with Gasteiger partial charge in [-0.25, -0.2) is 0 Å². The Bertz CT molecular complexity index is 224. The van der Waals surface area contributed by atoms with Crippen molar-refractivity contribution in [3.05, 3.63) is 0 Å². The molecule has 1 aliphatic heterocycles. The van der Waals surface area contributed by atoms with E-state index in [4.69, 9.17) is 0 Å². The predicted molar refractivity (Wildman–Crippen MR) is 53.6 cm³/mol. The SMILES string of the molecule is CS(=O)(=O)OCC[C@@H]1CCNC1.Cl. The van der Waals surface area contributed by atoms with Gasteiger partial charge in [-0.15, -0.1) is 12.4 Å². The fraction of sp³-hybridized carbons (Fsp3) is 1.00. The van der Waals surface area contributed by atoms with E-state index >= 15 is 0 Å². The Balaban J connectivity index is 0.00000144. The van der Waals surface area contributed by atoms with E-state index in [1.54, 1.807) is 0 Å². The lowest BCUT2D eigenvalue weighted by Crippen LogP contribution is -2.12. The highest BCUT2D eigenvalue weighted by molar-refractivity contribution is 7.85. The third-order valence-corrected chi connectivity index (χ3v) is 2.58. The van der Waals surface area contributed by atoms with Crippen molar-refractivity contribution in [2.45, 2.75) is 12.8 Å². The molecule has 1 fully saturated rings. The fourth-order valence-electron chi connectivity index (χ4n) is 1.33. The second-order valence-corrected chi connectivity index (χ2v) is 4.82. The summed E-state index contributed by atoms with van der Waals surface area (Å²) in [5, 5.41) is 3.21. The largest absolute Gasteiger partial charge is 0.316 e. The van der Waals surface area contributed by atoms with Crippen LogP contribution < -0.4 is 5.32 Å². The van der Waals surface area contributed by atoms with Gasteiger partial charge in [0.1, 0.15) is 0 Å². The number of rotatable bonds is 4. The molecule has 0 aliphatic carbocycles. The van der Waals surface area contributed by atoms with Gasteiger partial charge in [0.25, 0.3) is 10.1 Å². The summed E-state index contributed by atoms with van der Waals surface area (Å²) in [7, 11) is -3.24. The standard InChI is InChI=1S/C7H15NO3S.ClH/c1-12(9,10)11-5-3-7-2-4-8-6-7;/h7-8H,2-6H2,1H3;1H/t7-;/m0./s1. The number of hydrogen-bond donors (Lipinski definition) is 1. The molecule has 13 heavy (non-hydrogen) atoms. The van der Waals surface area contributed by atoms with Crippen molar-refractivity contribution in [3.8, 4) is 0 Å². The summed E-state index contributed by atoms with van der Waals surface area (Å²) in [6, 6.07) is 0. The van der Waals surface area contributed by atoms with Gasteiger partial charge >= 0.3 is 0 Å². The zero-order valence-electron chi connectivity index (χ0n) is 7.65. The predicted octanol–water partition coefficient (Wildman–Crippen LogP) is 0.384. The second-order valence-electron chi connectivity index (χ2n) is 3.17. The van der Waals surface area contributed by atoms with Crippen molar-refractivity contribution >= 4 is 22.5 Å². The van der Waals surface area contributed by atoms with Crippen LogP contribution in [-0.2, 0) is 14.3 Å². The monoisotopic (exact) mass is 229 g/mol. The highest BCUT2D eigenvalue weighted by atomic mass is 35.5. The molecule has 6 heteroatoms. The molecule has 0 bridgehead atoms. The second kappa shape index (κ2) is 5.80. The van der Waals surface area contributed by atoms with E-state index in [2.05, 4.69) is 9.50 Å². The molecule has 0 aromatic carbocycles. The van der Waals surface area contributed by atoms with Gasteiger partial charge in [0.15, 0.2) is 0 Å². The van der Waals surface area contributed by atoms with Crippen LogP contribution in [-0.4, -0.2) is 34.4 Å². The van der Waals surface area contributed by atoms with Crippen LogP contribution in [0.1, 0.15) is 12.8 Å². The van der Waals surface area contributed by atoms with E-state index in [1.165, 1.54) is 0 Å². The minimum Gasteiger partial charge on any atom is -0.316 e. The van der Waals surface area contributed by atoms with Crippen molar-refractivity contribution in [2.24, 2.45) is 5.92 Å². The highest BCUT2D eigenvalue weighted by Gasteiger charge is 2.14. The summed E-state index contributed by atoms with van der Waals surface area (Å²) in [5.41, 5.74) is 0. The summed E-state index contributed by atoms with van der Waals surface area (Å²) >= 11 is 0. The number of nitrogens with one attached hydrogen (secondary N) is 1. The zero-order chi connectivity index (χ0) is 9.03. The van der Waals surface area contributed by atoms with Crippen LogP contribution in [0.25, 0.3) is 0 Å². The Kier molecular flexibility index (Phi) is 5.87. The van der Waals surface area contributed by atoms with Gasteiger partial charge in [-0.3, -0.25) is 4.18 Å². The summed E-state index contributed by atoms with van der Waals surface area (Å²) in [5.74, 6) is 0.590. The molecular formula is C7H16ClNO3S. The molecule has 1 N–H and O–H groups in total. The molecule has 0 unspecified atom stereocenters. The molecule has 1 aliphatic rings. The van der Waals surface area contributed by atoms with Crippen molar-refractivity contribution in [1.29, 1.82) is 0 Å². The van der Waals surface area contributed by atoms with E-state index in [1.807, 2.05) is 0 Å². The maximum atomic E-state index is 10.6. The Hall–Kier alpha value is 0.160. The van der Waals surface area contributed by atoms with Crippen LogP contribution >= 0.6 is 12.4 Å². The van der Waals surface area contributed by atoms with Gasteiger partial charge in [0.2, 0.25) is 0 Å². The van der Waals surface area contributed by atoms with Crippen molar-refractivity contribution in [1.82, 2.24) is 5.32 Å². The van der Waals surface area contributed by atoms with Gasteiger partial charge in [0, 0.05) is 0 Å². The first-order chi connectivity index (χ1) is 5.58. The Morgan fingerprint density at radius 2 is 2.23 bits per heavy atom. The molecule has 0 spiro atoms. The normalized spacial score (nSPS) is 22.7. The topological polar surface area (TPSA) is 55.4 Å². The molecule has 4 nitrogen and oxygen atoms in total. The smallest absolute Gasteiger partial charge is 0.264 e. The van der Waals surface area contributed by atoms with Crippen molar-refractivity contribution in [2.75, 3.05) is 26.0 Å². The molecule has 0 saturated carbocycles. The summed E-state index contributed by atoms with van der Waals surface area (Å²) in [6.45, 7) is 2.36. The Labute approximate surface area is 85.6 Å². The minimum atomic E-state index is -3.24. The van der Waals surface area contributed by atoms with Gasteiger partial charge in [-0.1, -0.05) is 0 Å². The van der Waals surface area contributed by atoms with Gasteiger partial charge in [-0.2, -0.15) is 8.42 Å². The molecule has 1 saturated heterocycles. The maximum absolute atomic E-state index is 10.6. The molecule has 0 radical (unpaired) electrons. The van der Waals surface area contributed by atoms with E-state index in [-0.39, 0.29) is 12.4 Å². The average Bonchev–Trinajstić information content (AvgIpc) is 2.36. The molecule has 1 heterocycles. The first-order valence-corrected chi connectivity index (χ1v) is 5.95. The zero-order valence-corrected chi connectivity index (χ0v) is 9.29. The summed E-state index contributed by atoms with van der Waals surface area (Å²) in [6.07, 6.45) is 3.05. The first-order valence-electron chi connectivity index (χ1n) is 4.13. The van der Waals surface area contributed by atoms with Crippen LogP contribution in [0, 0.1) is 5.92 Å². The van der Waals surface area contributed by atoms with E-state index in [0.717, 1.165) is 32.2 Å². The van der Waals surface area contributed by atoms with Crippen molar-refractivity contribution in [3.63, 3.8) is 0 Å². The lowest BCUT2D eigenvalue weighted by atomic mass is 10.1. The Morgan fingerprint density at radius 3 is 2.69 bits per heavy atom. The molecule has 1 atom stereocenters. The maximum Gasteiger partial charge on any atom is 0.264 e. The first kappa shape index (κ1) is 13.2. The van der Waals surface area contributed by atoms with E-state index in [9.17, 15) is 8.42 Å². The van der Waals surface area contributed by atoms with Gasteiger partial charge in [0.05, 0.1) is 12.9 Å². The molecular weight excluding hydrogens is 214 g/mol. The van der Waals surface area contributed by atoms with Crippen LogP contribution in [0.15, 0.2) is 0 Å². The quantitative estimate of drug-likeness (QED) is 0.709. The summed E-state index contributed by atoms with van der Waals surface area (Å²) in [4.78, 5) is 0. The van der Waals surface area contributed by atoms with Crippen LogP contribution in [0.4, 0.5) is 0 Å². The van der Waals surface area contributed by atoms with Crippen molar-refractivity contribution < 1.29 is 12.6 Å². The molecule has 0 aromatic rings. The van der Waals surface area contributed by atoms with E-state index < -0.39 is 10.1 Å². The molecule has 0 aromatic heterocycles. The van der Waals surface area contributed by atoms with Gasteiger partial charge < -0.3 is 5.32 Å². The molecule has 80 valence electrons. The molecule has 0 amide bonds. The highest BCUT2D eigenvalue weighted by Crippen LogP contribution is 2.12. The summed E-state index contributed by atoms with van der Waals surface area (Å²) < 4.78 is 25.8. The van der Waals surface area contributed by atoms with Gasteiger partial charge in [-0.05, 0) is 31.8 Å². The average molecular weight is 230 g/mol. The van der Waals surface area contributed by atoms with Crippen LogP contribution in [0.5, 0.6) is 0 Å². The lowest BCUT2D eigenvalue weighted by molar-refractivity contribution is 0.290. The Morgan fingerprint density at radius 1 is 1.54 bits per heavy atom. The minimum absolute atomic E-state index is 0. The third-order valence-electron chi connectivity index (χ3n) is 1.99. The molecule has 1 rings (SSSR count). The number of hydrogen-bond acceptors (Lipinski definition) is 4. The number of halogens is 1. The fourth-order valence-corrected chi connectivity index (χ4v) is 1.73. The van der Waals surface area contributed by atoms with Crippen LogP contribution in [0.2, 0.25) is 0 Å². The van der Waals surface area contributed by atoms with Crippen LogP contribution in [0.3, 0.4) is 0 Å². The third kappa shape index (κ3) is 6.26.